The number of amides is 1. The number of pyridine rings is 1. The van der Waals surface area contributed by atoms with Crippen LogP contribution < -0.4 is 10.2 Å². The number of hydrogen-bond donors (Lipinski definition) is 1. The predicted octanol–water partition coefficient (Wildman–Crippen LogP) is 2.07. The third-order valence-electron chi connectivity index (χ3n) is 4.90. The van der Waals surface area contributed by atoms with Gasteiger partial charge in [-0.15, -0.1) is 0 Å². The van der Waals surface area contributed by atoms with Gasteiger partial charge in [-0.25, -0.2) is 13.4 Å². The second-order valence-corrected chi connectivity index (χ2v) is 9.14. The maximum atomic E-state index is 12.4. The summed E-state index contributed by atoms with van der Waals surface area (Å²) < 4.78 is 23.4. The van der Waals surface area contributed by atoms with E-state index in [0.29, 0.717) is 24.3 Å². The quantitative estimate of drug-likeness (QED) is 0.736. The Kier molecular flexibility index (Phi) is 6.11. The number of sulfone groups is 1. The van der Waals surface area contributed by atoms with Gasteiger partial charge in [-0.3, -0.25) is 4.79 Å². The molecule has 1 unspecified atom stereocenters. The van der Waals surface area contributed by atoms with E-state index >= 15 is 0 Å². The topological polar surface area (TPSA) is 79.4 Å². The summed E-state index contributed by atoms with van der Waals surface area (Å²) in [6.45, 7) is 0.599. The van der Waals surface area contributed by atoms with E-state index in [1.807, 2.05) is 30.1 Å². The number of aromatic nitrogens is 1. The van der Waals surface area contributed by atoms with Crippen LogP contribution in [-0.4, -0.2) is 50.4 Å². The lowest BCUT2D eigenvalue weighted by Crippen LogP contribution is -2.33. The monoisotopic (exact) mass is 387 g/mol. The Bertz CT molecular complexity index is 884. The van der Waals surface area contributed by atoms with Gasteiger partial charge in [0.15, 0.2) is 9.84 Å². The minimum absolute atomic E-state index is 0.0910. The van der Waals surface area contributed by atoms with Crippen LogP contribution in [0.25, 0.3) is 0 Å². The molecule has 1 saturated heterocycles. The van der Waals surface area contributed by atoms with Crippen molar-refractivity contribution >= 4 is 21.6 Å². The van der Waals surface area contributed by atoms with Crippen LogP contribution in [0, 0.1) is 0 Å². The molecule has 1 fully saturated rings. The van der Waals surface area contributed by atoms with Gasteiger partial charge in [-0.05, 0) is 37.0 Å². The molecule has 0 radical (unpaired) electrons. The normalized spacial score (nSPS) is 18.2. The molecule has 1 aromatic carbocycles. The van der Waals surface area contributed by atoms with E-state index in [0.717, 1.165) is 12.8 Å². The van der Waals surface area contributed by atoms with Crippen molar-refractivity contribution in [3.8, 4) is 0 Å². The van der Waals surface area contributed by atoms with Gasteiger partial charge in [-0.1, -0.05) is 30.3 Å². The number of rotatable bonds is 7. The highest BCUT2D eigenvalue weighted by Crippen LogP contribution is 2.21. The number of aryl methyl sites for hydroxylation is 1. The molecular formula is C20H25N3O3S. The van der Waals surface area contributed by atoms with Crippen LogP contribution in [0.3, 0.4) is 0 Å². The second kappa shape index (κ2) is 8.52. The molecule has 0 spiro atoms. The van der Waals surface area contributed by atoms with Gasteiger partial charge in [0.2, 0.25) is 0 Å². The first kappa shape index (κ1) is 19.4. The molecule has 1 aromatic heterocycles. The minimum Gasteiger partial charge on any atom is -0.356 e. The van der Waals surface area contributed by atoms with Crippen molar-refractivity contribution in [2.45, 2.75) is 25.3 Å². The van der Waals surface area contributed by atoms with Crippen molar-refractivity contribution in [3.05, 3.63) is 59.8 Å². The van der Waals surface area contributed by atoms with Crippen LogP contribution in [0.2, 0.25) is 0 Å². The predicted molar refractivity (Wildman–Crippen MR) is 107 cm³/mol. The van der Waals surface area contributed by atoms with E-state index in [2.05, 4.69) is 22.4 Å². The summed E-state index contributed by atoms with van der Waals surface area (Å²) in [5, 5.41) is 2.94. The molecule has 3 rings (SSSR count). The lowest BCUT2D eigenvalue weighted by Gasteiger charge is -2.24. The first-order chi connectivity index (χ1) is 12.9. The summed E-state index contributed by atoms with van der Waals surface area (Å²) in [6, 6.07) is 13.5. The largest absolute Gasteiger partial charge is 0.356 e. The van der Waals surface area contributed by atoms with E-state index in [-0.39, 0.29) is 23.5 Å². The van der Waals surface area contributed by atoms with E-state index < -0.39 is 9.84 Å². The minimum atomic E-state index is -2.96. The fourth-order valence-corrected chi connectivity index (χ4v) is 5.04. The maximum Gasteiger partial charge on any atom is 0.251 e. The standard InChI is InChI=1S/C20H25N3O3S/c1-23(18-10-13-27(25,26)15-18)19-14-17(9-12-21-19)20(24)22-11-5-8-16-6-3-2-4-7-16/h2-4,6-7,9,12,14,18H,5,8,10-11,13,15H2,1H3,(H,22,24). The van der Waals surface area contributed by atoms with Crippen LogP contribution >= 0.6 is 0 Å². The zero-order valence-electron chi connectivity index (χ0n) is 15.5. The van der Waals surface area contributed by atoms with Crippen molar-refractivity contribution in [1.29, 1.82) is 0 Å². The third-order valence-corrected chi connectivity index (χ3v) is 6.65. The summed E-state index contributed by atoms with van der Waals surface area (Å²) in [4.78, 5) is 18.6. The van der Waals surface area contributed by atoms with Crippen LogP contribution in [0.4, 0.5) is 5.82 Å². The highest BCUT2D eigenvalue weighted by atomic mass is 32.2. The van der Waals surface area contributed by atoms with Gasteiger partial charge >= 0.3 is 0 Å². The van der Waals surface area contributed by atoms with Gasteiger partial charge in [-0.2, -0.15) is 0 Å². The third kappa shape index (κ3) is 5.29. The Labute approximate surface area is 160 Å². The van der Waals surface area contributed by atoms with Gasteiger partial charge in [0.05, 0.1) is 11.5 Å². The molecule has 144 valence electrons. The first-order valence-electron chi connectivity index (χ1n) is 9.16. The summed E-state index contributed by atoms with van der Waals surface area (Å²) in [5.74, 6) is 0.832. The molecule has 1 N–H and O–H groups in total. The average Bonchev–Trinajstić information content (AvgIpc) is 3.05. The Balaban J connectivity index is 1.54. The van der Waals surface area contributed by atoms with Crippen molar-refractivity contribution in [3.63, 3.8) is 0 Å². The van der Waals surface area contributed by atoms with E-state index in [9.17, 15) is 13.2 Å². The lowest BCUT2D eigenvalue weighted by atomic mass is 10.1. The van der Waals surface area contributed by atoms with Crippen LogP contribution in [0.5, 0.6) is 0 Å². The number of carbonyl (C=O) groups is 1. The Morgan fingerprint density at radius 2 is 2.04 bits per heavy atom. The van der Waals surface area contributed by atoms with Crippen molar-refractivity contribution in [2.24, 2.45) is 0 Å². The fourth-order valence-electron chi connectivity index (χ4n) is 3.26. The van der Waals surface area contributed by atoms with Gasteiger partial charge in [0.1, 0.15) is 5.82 Å². The van der Waals surface area contributed by atoms with Crippen LogP contribution in [0.1, 0.15) is 28.8 Å². The Morgan fingerprint density at radius 1 is 1.26 bits per heavy atom. The number of anilines is 1. The fraction of sp³-hybridized carbons (Fsp3) is 0.400. The molecule has 1 aliphatic heterocycles. The zero-order valence-corrected chi connectivity index (χ0v) is 16.3. The summed E-state index contributed by atoms with van der Waals surface area (Å²) in [7, 11) is -1.13. The summed E-state index contributed by atoms with van der Waals surface area (Å²) >= 11 is 0. The zero-order chi connectivity index (χ0) is 19.3. The highest BCUT2D eigenvalue weighted by Gasteiger charge is 2.31. The number of nitrogens with one attached hydrogen (secondary N) is 1. The first-order valence-corrected chi connectivity index (χ1v) is 11.0. The molecule has 0 aliphatic carbocycles. The smallest absolute Gasteiger partial charge is 0.251 e. The number of carbonyl (C=O) groups excluding carboxylic acids is 1. The molecule has 0 saturated carbocycles. The van der Waals surface area contributed by atoms with Crippen molar-refractivity contribution < 1.29 is 13.2 Å². The molecule has 1 atom stereocenters. The van der Waals surface area contributed by atoms with Crippen LogP contribution in [-0.2, 0) is 16.3 Å². The van der Waals surface area contributed by atoms with Gasteiger partial charge in [0.25, 0.3) is 5.91 Å². The Hall–Kier alpha value is -2.41. The Morgan fingerprint density at radius 3 is 2.74 bits per heavy atom. The van der Waals surface area contributed by atoms with Gasteiger partial charge < -0.3 is 10.2 Å². The van der Waals surface area contributed by atoms with Crippen molar-refractivity contribution in [1.82, 2.24) is 10.3 Å². The number of nitrogens with zero attached hydrogens (tertiary/aromatic N) is 2. The number of benzene rings is 1. The SMILES string of the molecule is CN(c1cc(C(=O)NCCCc2ccccc2)ccn1)C1CCS(=O)(=O)C1. The molecule has 2 heterocycles. The summed E-state index contributed by atoms with van der Waals surface area (Å²) in [6.07, 6.45) is 3.97. The summed E-state index contributed by atoms with van der Waals surface area (Å²) in [5.41, 5.74) is 1.79. The highest BCUT2D eigenvalue weighted by molar-refractivity contribution is 7.91. The number of hydrogen-bond acceptors (Lipinski definition) is 5. The van der Waals surface area contributed by atoms with Crippen molar-refractivity contribution in [2.75, 3.05) is 30.0 Å². The van der Waals surface area contributed by atoms with Crippen LogP contribution in [0.15, 0.2) is 48.7 Å². The molecule has 27 heavy (non-hydrogen) atoms. The maximum absolute atomic E-state index is 12.4. The second-order valence-electron chi connectivity index (χ2n) is 6.92. The molecule has 0 bridgehead atoms. The molecular weight excluding hydrogens is 362 g/mol. The van der Waals surface area contributed by atoms with Gasteiger partial charge in [0, 0.05) is 31.4 Å². The molecule has 2 aromatic rings. The van der Waals surface area contributed by atoms with E-state index in [1.54, 1.807) is 18.3 Å². The molecule has 1 amide bonds. The molecule has 1 aliphatic rings. The van der Waals surface area contributed by atoms with E-state index in [1.165, 1.54) is 5.56 Å². The molecule has 7 heteroatoms. The average molecular weight is 388 g/mol. The van der Waals surface area contributed by atoms with E-state index in [4.69, 9.17) is 0 Å². The lowest BCUT2D eigenvalue weighted by molar-refractivity contribution is 0.0953. The molecule has 6 nitrogen and oxygen atoms in total.